The number of nitro groups is 1. The van der Waals surface area contributed by atoms with E-state index in [0.717, 1.165) is 60.7 Å². The summed E-state index contributed by atoms with van der Waals surface area (Å²) in [6, 6.07) is 18.5. The first-order valence-electron chi connectivity index (χ1n) is 21.1. The zero-order valence-electron chi connectivity index (χ0n) is 34.4. The van der Waals surface area contributed by atoms with Gasteiger partial charge in [0.1, 0.15) is 27.7 Å². The summed E-state index contributed by atoms with van der Waals surface area (Å²) < 4.78 is 62.2. The van der Waals surface area contributed by atoms with Crippen LogP contribution in [0.2, 0.25) is 5.02 Å². The Labute approximate surface area is 368 Å². The van der Waals surface area contributed by atoms with Crippen LogP contribution in [0.1, 0.15) is 54.4 Å². The highest BCUT2D eigenvalue weighted by atomic mass is 35.5. The highest BCUT2D eigenvalue weighted by Crippen LogP contribution is 2.55. The number of hydrogen-bond acceptors (Lipinski definition) is 12. The number of aromatic nitrogens is 2. The summed E-state index contributed by atoms with van der Waals surface area (Å²) in [4.78, 5) is 35.9. The number of benzene rings is 3. The number of carbonyl (C=O) groups is 1. The first-order valence-corrected chi connectivity index (χ1v) is 23.0. The molecular formula is C45H47ClFN7O8S. The smallest absolute Gasteiger partial charge is 0.329 e. The van der Waals surface area contributed by atoms with Crippen molar-refractivity contribution in [1.29, 1.82) is 0 Å². The van der Waals surface area contributed by atoms with Gasteiger partial charge in [-0.2, -0.15) is 4.39 Å². The zero-order chi connectivity index (χ0) is 43.7. The Morgan fingerprint density at radius 2 is 1.86 bits per heavy atom. The van der Waals surface area contributed by atoms with Crippen LogP contribution in [0.4, 0.5) is 21.5 Å². The summed E-state index contributed by atoms with van der Waals surface area (Å²) in [7, 11) is -4.98. The number of anilines is 2. The minimum absolute atomic E-state index is 0.0316. The van der Waals surface area contributed by atoms with Crippen LogP contribution in [0.15, 0.2) is 89.6 Å². The van der Waals surface area contributed by atoms with Crippen molar-refractivity contribution in [1.82, 2.24) is 19.6 Å². The van der Waals surface area contributed by atoms with E-state index in [1.807, 2.05) is 22.9 Å². The summed E-state index contributed by atoms with van der Waals surface area (Å²) in [5.74, 6) is -2.44. The van der Waals surface area contributed by atoms with Gasteiger partial charge in [-0.1, -0.05) is 35.7 Å². The molecule has 330 valence electrons. The first kappa shape index (κ1) is 42.7. The molecule has 0 bridgehead atoms. The van der Waals surface area contributed by atoms with Crippen LogP contribution in [-0.4, -0.2) is 99.3 Å². The predicted molar refractivity (Wildman–Crippen MR) is 237 cm³/mol. The summed E-state index contributed by atoms with van der Waals surface area (Å²) in [5, 5.41) is 16.3. The molecule has 4 aliphatic rings. The molecule has 3 aromatic carbocycles. The van der Waals surface area contributed by atoms with Crippen LogP contribution in [-0.2, 0) is 19.5 Å². The molecule has 1 spiro atoms. The van der Waals surface area contributed by atoms with Gasteiger partial charge in [-0.3, -0.25) is 19.8 Å². The molecule has 3 fully saturated rings. The van der Waals surface area contributed by atoms with Crippen molar-refractivity contribution >= 4 is 61.2 Å². The molecule has 2 aromatic heterocycles. The summed E-state index contributed by atoms with van der Waals surface area (Å²) in [5.41, 5.74) is 4.48. The van der Waals surface area contributed by atoms with Crippen LogP contribution in [0, 0.1) is 21.3 Å². The molecule has 3 N–H and O–H groups in total. The average Bonchev–Trinajstić information content (AvgIpc) is 3.74. The fourth-order valence-electron chi connectivity index (χ4n) is 9.09. The van der Waals surface area contributed by atoms with Gasteiger partial charge in [0.15, 0.2) is 0 Å². The third-order valence-electron chi connectivity index (χ3n) is 12.7. The van der Waals surface area contributed by atoms with Gasteiger partial charge in [-0.25, -0.2) is 18.1 Å². The molecule has 2 saturated heterocycles. The molecule has 63 heavy (non-hydrogen) atoms. The molecule has 1 atom stereocenters. The maximum atomic E-state index is 15.8. The Morgan fingerprint density at radius 3 is 2.59 bits per heavy atom. The molecule has 15 nitrogen and oxygen atoms in total. The third-order valence-corrected chi connectivity index (χ3v) is 14.3. The summed E-state index contributed by atoms with van der Waals surface area (Å²) in [6.07, 6.45) is 10.0. The van der Waals surface area contributed by atoms with Crippen molar-refractivity contribution in [3.05, 3.63) is 117 Å². The maximum absolute atomic E-state index is 15.8. The molecule has 18 heteroatoms. The van der Waals surface area contributed by atoms with Gasteiger partial charge in [0.25, 0.3) is 15.9 Å². The second-order valence-corrected chi connectivity index (χ2v) is 18.8. The third kappa shape index (κ3) is 9.24. The number of nitrogens with one attached hydrogen (secondary N) is 3. The quantitative estimate of drug-likeness (QED) is 0.0768. The Bertz CT molecular complexity index is 2680. The van der Waals surface area contributed by atoms with E-state index in [4.69, 9.17) is 25.8 Å². The largest absolute Gasteiger partial charge is 0.455 e. The van der Waals surface area contributed by atoms with Crippen molar-refractivity contribution in [3.63, 3.8) is 0 Å². The van der Waals surface area contributed by atoms with Crippen molar-refractivity contribution < 1.29 is 36.7 Å². The van der Waals surface area contributed by atoms with Crippen molar-refractivity contribution in [2.75, 3.05) is 69.3 Å². The molecule has 2 aliphatic heterocycles. The Kier molecular flexibility index (Phi) is 12.1. The Hall–Kier alpha value is -5.59. The van der Waals surface area contributed by atoms with Crippen LogP contribution in [0.3, 0.4) is 0 Å². The first-order chi connectivity index (χ1) is 30.4. The molecule has 1 saturated carbocycles. The molecule has 2 aliphatic carbocycles. The fraction of sp³-hybridized carbons (Fsp3) is 0.378. The highest BCUT2D eigenvalue weighted by Gasteiger charge is 2.41. The maximum Gasteiger partial charge on any atom is 0.329 e. The topological polar surface area (TPSA) is 181 Å². The normalized spacial score (nSPS) is 19.2. The molecule has 4 heterocycles. The van der Waals surface area contributed by atoms with Crippen molar-refractivity contribution in [3.8, 4) is 11.5 Å². The Balaban J connectivity index is 0.937. The number of allylic oxidation sites excluding steroid dienone is 1. The van der Waals surface area contributed by atoms with Gasteiger partial charge in [0.05, 0.1) is 42.6 Å². The van der Waals surface area contributed by atoms with Crippen LogP contribution in [0.25, 0.3) is 16.6 Å². The number of ether oxygens (including phenoxy) is 3. The van der Waals surface area contributed by atoms with E-state index in [-0.39, 0.29) is 35.9 Å². The summed E-state index contributed by atoms with van der Waals surface area (Å²) in [6.45, 7) is 4.87. The molecule has 1 amide bonds. The van der Waals surface area contributed by atoms with E-state index >= 15 is 4.39 Å². The number of aromatic amines is 1. The number of sulfonamides is 1. The predicted octanol–water partition coefficient (Wildman–Crippen LogP) is 7.93. The molecular weight excluding hydrogens is 853 g/mol. The average molecular weight is 900 g/mol. The van der Waals surface area contributed by atoms with E-state index in [1.54, 1.807) is 24.4 Å². The van der Waals surface area contributed by atoms with Gasteiger partial charge in [0.2, 0.25) is 5.82 Å². The van der Waals surface area contributed by atoms with Gasteiger partial charge >= 0.3 is 5.69 Å². The van der Waals surface area contributed by atoms with Crippen molar-refractivity contribution in [2.24, 2.45) is 5.41 Å². The highest BCUT2D eigenvalue weighted by molar-refractivity contribution is 7.90. The standard InChI is InChI=1S/C45H47ClFN7O8S/c46-32-4-2-29(3-5-32)37-24-45(12-1-13-45)14-10-31(37)27-52-16-18-53(19-17-52)33-6-7-36(39(23-33)62-34-22-30-11-15-48-43(30)50-25-34)44(55)51-63(58,59)40-9-8-38(42(41(40)47)54(56)57)49-26-35-28-60-20-21-61-35/h2-9,11,15,22-23,25,35,49H,1,10,12-14,16-21,24,26-28H2,(H,48,50)(H,51,55)/t35-/m0/s1. The van der Waals surface area contributed by atoms with Crippen molar-refractivity contribution in [2.45, 2.75) is 49.5 Å². The SMILES string of the molecule is O=C(NS(=O)(=O)c1ccc(NC[C@H]2COCCO2)c([N+](=O)[O-])c1F)c1ccc(N2CCN(CC3=C(c4ccc(Cl)cc4)CC4(CCC4)CC3)CC2)cc1Oc1cnc2[nH]ccc2c1. The fourth-order valence-corrected chi connectivity index (χ4v) is 10.3. The van der Waals surface area contributed by atoms with Gasteiger partial charge in [-0.05, 0) is 97.2 Å². The van der Waals surface area contributed by atoms with Crippen LogP contribution in [0.5, 0.6) is 11.5 Å². The Morgan fingerprint density at radius 1 is 1.05 bits per heavy atom. The van der Waals surface area contributed by atoms with E-state index in [2.05, 4.69) is 37.2 Å². The van der Waals surface area contributed by atoms with Crippen LogP contribution < -0.4 is 19.7 Å². The number of carbonyl (C=O) groups excluding carboxylic acids is 1. The summed E-state index contributed by atoms with van der Waals surface area (Å²) >= 11 is 6.27. The molecule has 5 aromatic rings. The lowest BCUT2D eigenvalue weighted by atomic mass is 9.59. The number of halogens is 2. The second kappa shape index (κ2) is 17.9. The van der Waals surface area contributed by atoms with E-state index < -0.39 is 43.4 Å². The number of piperazine rings is 1. The number of amides is 1. The monoisotopic (exact) mass is 899 g/mol. The number of nitro benzene ring substituents is 1. The number of hydrogen-bond donors (Lipinski definition) is 3. The van der Waals surface area contributed by atoms with Gasteiger partial charge < -0.3 is 29.4 Å². The second-order valence-electron chi connectivity index (χ2n) is 16.7. The van der Waals surface area contributed by atoms with Gasteiger partial charge in [0, 0.05) is 67.6 Å². The number of nitrogens with zero attached hydrogens (tertiary/aromatic N) is 4. The lowest BCUT2D eigenvalue weighted by molar-refractivity contribution is -0.386. The molecule has 0 radical (unpaired) electrons. The number of fused-ring (bicyclic) bond motifs is 1. The number of H-pyrrole nitrogens is 1. The number of rotatable bonds is 13. The molecule has 0 unspecified atom stereocenters. The van der Waals surface area contributed by atoms with Gasteiger partial charge in [-0.15, -0.1) is 0 Å². The minimum Gasteiger partial charge on any atom is -0.455 e. The lowest BCUT2D eigenvalue weighted by Gasteiger charge is -2.47. The van der Waals surface area contributed by atoms with E-state index in [1.165, 1.54) is 54.7 Å². The van der Waals surface area contributed by atoms with E-state index in [9.17, 15) is 23.3 Å². The number of pyridine rings is 1. The minimum atomic E-state index is -4.98. The van der Waals surface area contributed by atoms with E-state index in [0.29, 0.717) is 37.4 Å². The molecule has 9 rings (SSSR count). The lowest BCUT2D eigenvalue weighted by Crippen LogP contribution is -2.47. The van der Waals surface area contributed by atoms with Crippen LogP contribution >= 0.6 is 11.6 Å². The zero-order valence-corrected chi connectivity index (χ0v) is 36.0.